The molecule has 1 saturated carbocycles. The van der Waals surface area contributed by atoms with Gasteiger partial charge in [-0.2, -0.15) is 0 Å². The second kappa shape index (κ2) is 3.44. The summed E-state index contributed by atoms with van der Waals surface area (Å²) in [5.74, 6) is -0.249. The first kappa shape index (κ1) is 11.0. The molecule has 0 aromatic heterocycles. The molecule has 3 nitrogen and oxygen atoms in total. The Morgan fingerprint density at radius 3 is 1.94 bits per heavy atom. The fourth-order valence-corrected chi connectivity index (χ4v) is 3.52. The van der Waals surface area contributed by atoms with Crippen molar-refractivity contribution in [2.45, 2.75) is 57.3 Å². The second-order valence-electron chi connectivity index (χ2n) is 6.42. The van der Waals surface area contributed by atoms with Crippen LogP contribution in [0.2, 0.25) is 0 Å². The normalized spacial score (nSPS) is 34.9. The van der Waals surface area contributed by atoms with Crippen molar-refractivity contribution < 1.29 is 14.2 Å². The molecule has 0 aromatic carbocycles. The minimum Gasteiger partial charge on any atom is -0.374 e. The summed E-state index contributed by atoms with van der Waals surface area (Å²) in [5, 5.41) is 0. The van der Waals surface area contributed by atoms with Crippen LogP contribution in [0.5, 0.6) is 0 Å². The molecule has 2 aliphatic heterocycles. The topological polar surface area (TPSA) is 27.7 Å². The lowest BCUT2D eigenvalue weighted by Crippen LogP contribution is -2.43. The molecule has 0 amide bonds. The van der Waals surface area contributed by atoms with E-state index in [0.29, 0.717) is 5.41 Å². The predicted molar refractivity (Wildman–Crippen MR) is 60.2 cm³/mol. The summed E-state index contributed by atoms with van der Waals surface area (Å²) in [7, 11) is 0. The monoisotopic (exact) mass is 226 g/mol. The van der Waals surface area contributed by atoms with E-state index in [1.54, 1.807) is 0 Å². The number of hydrogen-bond acceptors (Lipinski definition) is 3. The summed E-state index contributed by atoms with van der Waals surface area (Å²) in [6, 6.07) is 0. The Labute approximate surface area is 97.4 Å². The van der Waals surface area contributed by atoms with Crippen molar-refractivity contribution in [3.8, 4) is 0 Å². The first-order valence-corrected chi connectivity index (χ1v) is 6.45. The van der Waals surface area contributed by atoms with Gasteiger partial charge in [-0.15, -0.1) is 0 Å². The maximum absolute atomic E-state index is 6.09. The van der Waals surface area contributed by atoms with E-state index in [1.165, 1.54) is 6.42 Å². The van der Waals surface area contributed by atoms with Crippen molar-refractivity contribution in [2.24, 2.45) is 5.41 Å². The summed E-state index contributed by atoms with van der Waals surface area (Å²) in [5.41, 5.74) is 0.478. The highest BCUT2D eigenvalue weighted by Crippen LogP contribution is 2.50. The summed E-state index contributed by atoms with van der Waals surface area (Å²) in [4.78, 5) is 0. The Morgan fingerprint density at radius 1 is 0.812 bits per heavy atom. The van der Waals surface area contributed by atoms with Gasteiger partial charge in [-0.05, 0) is 24.7 Å². The van der Waals surface area contributed by atoms with Gasteiger partial charge in [-0.3, -0.25) is 0 Å². The van der Waals surface area contributed by atoms with Crippen LogP contribution in [0, 0.1) is 5.41 Å². The van der Waals surface area contributed by atoms with Gasteiger partial charge in [0.15, 0.2) is 5.79 Å². The summed E-state index contributed by atoms with van der Waals surface area (Å²) >= 11 is 0. The van der Waals surface area contributed by atoms with Crippen molar-refractivity contribution in [1.29, 1.82) is 0 Å². The summed E-state index contributed by atoms with van der Waals surface area (Å²) in [6.45, 7) is 7.03. The summed E-state index contributed by atoms with van der Waals surface area (Å²) < 4.78 is 17.6. The van der Waals surface area contributed by atoms with Crippen LogP contribution in [0.3, 0.4) is 0 Å². The van der Waals surface area contributed by atoms with Gasteiger partial charge in [0.1, 0.15) is 0 Å². The highest BCUT2D eigenvalue weighted by molar-refractivity contribution is 4.99. The van der Waals surface area contributed by atoms with Crippen molar-refractivity contribution in [2.75, 3.05) is 19.8 Å². The first-order chi connectivity index (χ1) is 7.54. The van der Waals surface area contributed by atoms with E-state index in [4.69, 9.17) is 14.2 Å². The van der Waals surface area contributed by atoms with Gasteiger partial charge >= 0.3 is 0 Å². The van der Waals surface area contributed by atoms with Crippen LogP contribution in [-0.2, 0) is 14.2 Å². The Balaban J connectivity index is 1.66. The third-order valence-electron chi connectivity index (χ3n) is 4.31. The fourth-order valence-electron chi connectivity index (χ4n) is 3.52. The average Bonchev–Trinajstić information content (AvgIpc) is 2.79. The van der Waals surface area contributed by atoms with Crippen LogP contribution >= 0.6 is 0 Å². The molecule has 2 spiro atoms. The Kier molecular flexibility index (Phi) is 2.36. The van der Waals surface area contributed by atoms with E-state index < -0.39 is 0 Å². The van der Waals surface area contributed by atoms with Crippen molar-refractivity contribution >= 4 is 0 Å². The highest BCUT2D eigenvalue weighted by atomic mass is 16.7. The molecule has 0 atom stereocenters. The Bertz CT molecular complexity index is 269. The van der Waals surface area contributed by atoms with Crippen molar-refractivity contribution in [3.05, 3.63) is 0 Å². The number of rotatable bonds is 0. The predicted octanol–water partition coefficient (Wildman–Crippen LogP) is 2.49. The molecule has 92 valence electrons. The molecule has 2 heterocycles. The standard InChI is InChI=1S/C13H22O3/c1-11(2)9-12(16-10-11)3-5-13(6-4-12)14-7-8-15-13/h3-10H2,1-2H3. The Hall–Kier alpha value is -0.120. The summed E-state index contributed by atoms with van der Waals surface area (Å²) in [6.07, 6.45) is 5.38. The lowest BCUT2D eigenvalue weighted by Gasteiger charge is -2.41. The average molecular weight is 226 g/mol. The number of hydrogen-bond donors (Lipinski definition) is 0. The third-order valence-corrected chi connectivity index (χ3v) is 4.31. The van der Waals surface area contributed by atoms with Crippen LogP contribution in [0.4, 0.5) is 0 Å². The molecule has 0 aromatic rings. The highest BCUT2D eigenvalue weighted by Gasteiger charge is 2.51. The van der Waals surface area contributed by atoms with Crippen LogP contribution in [-0.4, -0.2) is 31.2 Å². The van der Waals surface area contributed by atoms with Gasteiger partial charge in [0.25, 0.3) is 0 Å². The van der Waals surface area contributed by atoms with Crippen molar-refractivity contribution in [3.63, 3.8) is 0 Å². The zero-order chi connectivity index (χ0) is 11.3. The SMILES string of the molecule is CC1(C)COC2(CCC3(CC2)OCCO3)C1. The zero-order valence-corrected chi connectivity index (χ0v) is 10.4. The van der Waals surface area contributed by atoms with Gasteiger partial charge in [0, 0.05) is 12.8 Å². The van der Waals surface area contributed by atoms with Crippen LogP contribution in [0.15, 0.2) is 0 Å². The van der Waals surface area contributed by atoms with Gasteiger partial charge in [0.05, 0.1) is 25.4 Å². The molecule has 16 heavy (non-hydrogen) atoms. The molecule has 3 aliphatic rings. The van der Waals surface area contributed by atoms with E-state index >= 15 is 0 Å². The second-order valence-corrected chi connectivity index (χ2v) is 6.42. The van der Waals surface area contributed by atoms with Gasteiger partial charge in [-0.1, -0.05) is 13.8 Å². The maximum Gasteiger partial charge on any atom is 0.168 e. The first-order valence-electron chi connectivity index (χ1n) is 6.45. The van der Waals surface area contributed by atoms with E-state index in [0.717, 1.165) is 45.5 Å². The minimum atomic E-state index is -0.249. The van der Waals surface area contributed by atoms with E-state index in [9.17, 15) is 0 Å². The van der Waals surface area contributed by atoms with Gasteiger partial charge < -0.3 is 14.2 Å². The van der Waals surface area contributed by atoms with Gasteiger partial charge in [0.2, 0.25) is 0 Å². The van der Waals surface area contributed by atoms with Crippen LogP contribution < -0.4 is 0 Å². The fraction of sp³-hybridized carbons (Fsp3) is 1.00. The molecule has 3 heteroatoms. The molecule has 3 fully saturated rings. The van der Waals surface area contributed by atoms with Crippen LogP contribution in [0.1, 0.15) is 46.0 Å². The smallest absolute Gasteiger partial charge is 0.168 e. The molecule has 2 saturated heterocycles. The van der Waals surface area contributed by atoms with Gasteiger partial charge in [-0.25, -0.2) is 0 Å². The molecular weight excluding hydrogens is 204 g/mol. The van der Waals surface area contributed by atoms with E-state index in [-0.39, 0.29) is 11.4 Å². The minimum absolute atomic E-state index is 0.129. The Morgan fingerprint density at radius 2 is 1.44 bits per heavy atom. The third kappa shape index (κ3) is 1.79. The quantitative estimate of drug-likeness (QED) is 0.635. The van der Waals surface area contributed by atoms with Crippen molar-refractivity contribution in [1.82, 2.24) is 0 Å². The zero-order valence-electron chi connectivity index (χ0n) is 10.4. The molecular formula is C13H22O3. The molecule has 0 unspecified atom stereocenters. The molecule has 0 radical (unpaired) electrons. The largest absolute Gasteiger partial charge is 0.374 e. The van der Waals surface area contributed by atoms with E-state index in [1.807, 2.05) is 0 Å². The lowest BCUT2D eigenvalue weighted by atomic mass is 9.74. The molecule has 3 rings (SSSR count). The lowest BCUT2D eigenvalue weighted by molar-refractivity contribution is -0.203. The molecule has 1 aliphatic carbocycles. The molecule has 0 bridgehead atoms. The van der Waals surface area contributed by atoms with E-state index in [2.05, 4.69) is 13.8 Å². The van der Waals surface area contributed by atoms with Crippen LogP contribution in [0.25, 0.3) is 0 Å². The molecule has 0 N–H and O–H groups in total. The maximum atomic E-state index is 6.09. The number of ether oxygens (including phenoxy) is 3.